The number of rotatable bonds is 18. The lowest BCUT2D eigenvalue weighted by Gasteiger charge is -2.17. The molecule has 0 bridgehead atoms. The molecule has 1 fully saturated rings. The molecule has 0 aliphatic heterocycles. The molecule has 0 spiro atoms. The van der Waals surface area contributed by atoms with Crippen LogP contribution < -0.4 is 10.2 Å². The van der Waals surface area contributed by atoms with Gasteiger partial charge in [0.1, 0.15) is 12.4 Å². The zero-order valence-electron chi connectivity index (χ0n) is 25.9. The first kappa shape index (κ1) is 32.1. The summed E-state index contributed by atoms with van der Waals surface area (Å²) >= 11 is 0. The van der Waals surface area contributed by atoms with E-state index in [0.29, 0.717) is 18.7 Å². The number of fused-ring (bicyclic) bond motifs is 1. The predicted molar refractivity (Wildman–Crippen MR) is 172 cm³/mol. The van der Waals surface area contributed by atoms with E-state index >= 15 is 0 Å². The molecule has 0 radical (unpaired) electrons. The van der Waals surface area contributed by atoms with Crippen molar-refractivity contribution in [2.75, 3.05) is 20.2 Å². The molecule has 1 amide bonds. The maximum Gasteiger partial charge on any atom is 0.274 e. The lowest BCUT2D eigenvalue weighted by molar-refractivity contribution is 0.0706. The van der Waals surface area contributed by atoms with Gasteiger partial charge in [-0.25, -0.2) is 5.48 Å². The Morgan fingerprint density at radius 3 is 2.31 bits per heavy atom. The summed E-state index contributed by atoms with van der Waals surface area (Å²) in [6, 6.07) is 15.8. The number of carbonyl (C=O) groups excluding carboxylic acids is 1. The Hall–Kier alpha value is -2.83. The van der Waals surface area contributed by atoms with Crippen LogP contribution in [-0.4, -0.2) is 40.8 Å². The second-order valence-corrected chi connectivity index (χ2v) is 12.4. The standard InChI is InChI=1S/C36H53N3O3/c1-38(24-13-9-5-3-2-4-6-10-14-30-15-11-7-8-12-16-30)29-31-17-21-34(22-18-31)42-27-26-39-25-23-32-19-20-33(28-35(32)39)36(40)37-41/h17-23,25,28,30,41H,2-16,24,26-27,29H2,1H3,(H,37,40). The quantitative estimate of drug-likeness (QED) is 0.0689. The molecular weight excluding hydrogens is 522 g/mol. The Kier molecular flexibility index (Phi) is 13.7. The van der Waals surface area contributed by atoms with Gasteiger partial charge in [0.2, 0.25) is 0 Å². The molecule has 4 rings (SSSR count). The van der Waals surface area contributed by atoms with Crippen LogP contribution >= 0.6 is 0 Å². The third kappa shape index (κ3) is 10.8. The fourth-order valence-corrected chi connectivity index (χ4v) is 6.46. The van der Waals surface area contributed by atoms with Crippen LogP contribution in [0.5, 0.6) is 5.75 Å². The van der Waals surface area contributed by atoms with E-state index in [-0.39, 0.29) is 0 Å². The van der Waals surface area contributed by atoms with Crippen LogP contribution in [0.15, 0.2) is 54.7 Å². The minimum absolute atomic E-state index is 0.423. The number of amides is 1. The first-order chi connectivity index (χ1) is 20.6. The fraction of sp³-hybridized carbons (Fsp3) is 0.583. The summed E-state index contributed by atoms with van der Waals surface area (Å²) in [7, 11) is 2.22. The Balaban J connectivity index is 1.03. The van der Waals surface area contributed by atoms with Gasteiger partial charge in [-0.2, -0.15) is 0 Å². The van der Waals surface area contributed by atoms with Crippen molar-refractivity contribution in [1.29, 1.82) is 0 Å². The van der Waals surface area contributed by atoms with Crippen molar-refractivity contribution in [3.8, 4) is 5.75 Å². The highest BCUT2D eigenvalue weighted by molar-refractivity contribution is 5.97. The van der Waals surface area contributed by atoms with Crippen molar-refractivity contribution in [2.24, 2.45) is 5.92 Å². The van der Waals surface area contributed by atoms with E-state index in [1.165, 1.54) is 102 Å². The van der Waals surface area contributed by atoms with E-state index in [9.17, 15) is 4.79 Å². The number of hydrogen-bond acceptors (Lipinski definition) is 4. The molecule has 6 heteroatoms. The molecular formula is C36H53N3O3. The summed E-state index contributed by atoms with van der Waals surface area (Å²) in [4.78, 5) is 14.2. The van der Waals surface area contributed by atoms with Gasteiger partial charge >= 0.3 is 0 Å². The number of aromatic nitrogens is 1. The molecule has 6 nitrogen and oxygen atoms in total. The van der Waals surface area contributed by atoms with Gasteiger partial charge in [-0.3, -0.25) is 10.0 Å². The number of benzene rings is 2. The number of nitrogens with one attached hydrogen (secondary N) is 1. The third-order valence-electron chi connectivity index (χ3n) is 8.99. The van der Waals surface area contributed by atoms with Gasteiger partial charge < -0.3 is 14.2 Å². The summed E-state index contributed by atoms with van der Waals surface area (Å²) in [6.45, 7) is 3.30. The Morgan fingerprint density at radius 1 is 0.905 bits per heavy atom. The topological polar surface area (TPSA) is 66.7 Å². The Bertz CT molecular complexity index is 1180. The van der Waals surface area contributed by atoms with Gasteiger partial charge in [0.25, 0.3) is 5.91 Å². The number of unbranched alkanes of at least 4 members (excludes halogenated alkanes) is 7. The van der Waals surface area contributed by atoms with Crippen molar-refractivity contribution < 1.29 is 14.7 Å². The molecule has 1 heterocycles. The molecule has 0 unspecified atom stereocenters. The third-order valence-corrected chi connectivity index (χ3v) is 8.99. The minimum Gasteiger partial charge on any atom is -0.492 e. The smallest absolute Gasteiger partial charge is 0.274 e. The summed E-state index contributed by atoms with van der Waals surface area (Å²) in [5.74, 6) is 1.39. The molecule has 1 aromatic heterocycles. The average molecular weight is 576 g/mol. The predicted octanol–water partition coefficient (Wildman–Crippen LogP) is 8.75. The lowest BCUT2D eigenvalue weighted by Crippen LogP contribution is -2.19. The van der Waals surface area contributed by atoms with E-state index in [2.05, 4.69) is 40.8 Å². The highest BCUT2D eigenvalue weighted by atomic mass is 16.5. The van der Waals surface area contributed by atoms with E-state index in [1.807, 2.05) is 18.3 Å². The second kappa shape index (κ2) is 18.0. The molecule has 2 aromatic carbocycles. The number of nitrogens with zero attached hydrogens (tertiary/aromatic N) is 2. The van der Waals surface area contributed by atoms with Crippen molar-refractivity contribution in [3.63, 3.8) is 0 Å². The average Bonchev–Trinajstić information content (AvgIpc) is 3.22. The highest BCUT2D eigenvalue weighted by Crippen LogP contribution is 2.27. The summed E-state index contributed by atoms with van der Waals surface area (Å²) in [5, 5.41) is 9.96. The van der Waals surface area contributed by atoms with Crippen molar-refractivity contribution in [3.05, 3.63) is 65.9 Å². The number of hydroxylamine groups is 1. The van der Waals surface area contributed by atoms with Crippen LogP contribution in [-0.2, 0) is 13.1 Å². The SMILES string of the molecule is CN(CCCCCCCCCCC1CCCCCC1)Cc1ccc(OCCn2ccc3ccc(C(=O)NO)cc32)cc1. The largest absolute Gasteiger partial charge is 0.492 e. The lowest BCUT2D eigenvalue weighted by atomic mass is 9.93. The van der Waals surface area contributed by atoms with Crippen molar-refractivity contribution in [2.45, 2.75) is 109 Å². The highest BCUT2D eigenvalue weighted by Gasteiger charge is 2.11. The summed E-state index contributed by atoms with van der Waals surface area (Å²) < 4.78 is 8.06. The number of hydrogen-bond donors (Lipinski definition) is 2. The maximum atomic E-state index is 11.8. The van der Waals surface area contributed by atoms with Gasteiger partial charge in [-0.15, -0.1) is 0 Å². The van der Waals surface area contributed by atoms with Crippen LogP contribution in [0.2, 0.25) is 0 Å². The van der Waals surface area contributed by atoms with Crippen molar-refractivity contribution in [1.82, 2.24) is 14.9 Å². The van der Waals surface area contributed by atoms with Crippen LogP contribution in [0.25, 0.3) is 10.9 Å². The zero-order valence-corrected chi connectivity index (χ0v) is 25.9. The van der Waals surface area contributed by atoms with Crippen LogP contribution in [0.3, 0.4) is 0 Å². The zero-order chi connectivity index (χ0) is 29.4. The molecule has 0 atom stereocenters. The van der Waals surface area contributed by atoms with Gasteiger partial charge in [0.15, 0.2) is 0 Å². The molecule has 42 heavy (non-hydrogen) atoms. The Labute approximate surface area is 253 Å². The van der Waals surface area contributed by atoms with E-state index < -0.39 is 5.91 Å². The molecule has 1 saturated carbocycles. The van der Waals surface area contributed by atoms with Crippen molar-refractivity contribution >= 4 is 16.8 Å². The summed E-state index contributed by atoms with van der Waals surface area (Å²) in [6.07, 6.45) is 23.6. The normalized spacial score (nSPS) is 14.4. The van der Waals surface area contributed by atoms with Crippen LogP contribution in [0.1, 0.15) is 112 Å². The Morgan fingerprint density at radius 2 is 1.60 bits per heavy atom. The van der Waals surface area contributed by atoms with Crippen LogP contribution in [0, 0.1) is 5.92 Å². The van der Waals surface area contributed by atoms with Gasteiger partial charge in [0, 0.05) is 23.8 Å². The minimum atomic E-state index is -0.512. The fourth-order valence-electron chi connectivity index (χ4n) is 6.46. The maximum absolute atomic E-state index is 11.8. The van der Waals surface area contributed by atoms with Gasteiger partial charge in [-0.1, -0.05) is 108 Å². The van der Waals surface area contributed by atoms with E-state index in [4.69, 9.17) is 9.94 Å². The van der Waals surface area contributed by atoms with Gasteiger partial charge in [0.05, 0.1) is 6.54 Å². The first-order valence-corrected chi connectivity index (χ1v) is 16.6. The van der Waals surface area contributed by atoms with E-state index in [1.54, 1.807) is 17.6 Å². The molecule has 0 saturated heterocycles. The first-order valence-electron chi connectivity index (χ1n) is 16.6. The van der Waals surface area contributed by atoms with Crippen LogP contribution in [0.4, 0.5) is 0 Å². The monoisotopic (exact) mass is 575 g/mol. The number of carbonyl (C=O) groups is 1. The molecule has 2 N–H and O–H groups in total. The second-order valence-electron chi connectivity index (χ2n) is 12.4. The molecule has 230 valence electrons. The molecule has 1 aliphatic carbocycles. The number of ether oxygens (including phenoxy) is 1. The summed E-state index contributed by atoms with van der Waals surface area (Å²) in [5.41, 5.74) is 4.36. The molecule has 1 aliphatic rings. The molecule has 3 aromatic rings. The van der Waals surface area contributed by atoms with E-state index in [0.717, 1.165) is 35.7 Å². The van der Waals surface area contributed by atoms with Gasteiger partial charge in [-0.05, 0) is 67.2 Å².